The van der Waals surface area contributed by atoms with Gasteiger partial charge in [-0.3, -0.25) is 4.79 Å². The van der Waals surface area contributed by atoms with Crippen molar-refractivity contribution in [3.8, 4) is 0 Å². The van der Waals surface area contributed by atoms with E-state index in [4.69, 9.17) is 11.6 Å². The van der Waals surface area contributed by atoms with Crippen molar-refractivity contribution in [2.45, 2.75) is 26.3 Å². The van der Waals surface area contributed by atoms with Crippen LogP contribution < -0.4 is 10.3 Å². The number of piperidine rings is 1. The normalized spacial score (nSPS) is 20.2. The van der Waals surface area contributed by atoms with Crippen LogP contribution in [0, 0.1) is 12.8 Å². The number of aryl methyl sites for hydroxylation is 1. The van der Waals surface area contributed by atoms with E-state index in [0.717, 1.165) is 48.6 Å². The summed E-state index contributed by atoms with van der Waals surface area (Å²) in [6.07, 6.45) is 3.51. The molecule has 0 unspecified atom stereocenters. The maximum Gasteiger partial charge on any atom is 0.243 e. The van der Waals surface area contributed by atoms with Gasteiger partial charge in [0.1, 0.15) is 6.54 Å². The number of rotatable bonds is 5. The van der Waals surface area contributed by atoms with Gasteiger partial charge in [0.05, 0.1) is 25.2 Å². The Labute approximate surface area is 159 Å². The van der Waals surface area contributed by atoms with Crippen LogP contribution in [0.5, 0.6) is 0 Å². The van der Waals surface area contributed by atoms with Gasteiger partial charge in [0, 0.05) is 23.4 Å². The van der Waals surface area contributed by atoms with Crippen molar-refractivity contribution in [2.24, 2.45) is 11.0 Å². The average molecular weight is 371 g/mol. The Balaban J connectivity index is 1.44. The van der Waals surface area contributed by atoms with Crippen LogP contribution in [-0.4, -0.2) is 25.2 Å². The molecular weight excluding hydrogens is 346 g/mol. The van der Waals surface area contributed by atoms with Crippen LogP contribution in [0.1, 0.15) is 29.5 Å². The minimum absolute atomic E-state index is 0.0281. The fraction of sp³-hybridized carbons (Fsp3) is 0.333. The van der Waals surface area contributed by atoms with Gasteiger partial charge in [0.15, 0.2) is 0 Å². The van der Waals surface area contributed by atoms with E-state index in [1.54, 1.807) is 6.21 Å². The molecule has 0 spiro atoms. The number of carbonyl (C=O) groups is 1. The van der Waals surface area contributed by atoms with Crippen molar-refractivity contribution >= 4 is 23.7 Å². The Morgan fingerprint density at radius 2 is 1.88 bits per heavy atom. The molecule has 1 aliphatic rings. The number of nitrogens with zero attached hydrogens (tertiary/aromatic N) is 1. The second-order valence-corrected chi connectivity index (χ2v) is 7.35. The van der Waals surface area contributed by atoms with Gasteiger partial charge in [-0.15, -0.1) is 0 Å². The van der Waals surface area contributed by atoms with Gasteiger partial charge in [-0.05, 0) is 30.2 Å². The van der Waals surface area contributed by atoms with Crippen molar-refractivity contribution in [3.05, 3.63) is 70.2 Å². The van der Waals surface area contributed by atoms with Gasteiger partial charge in [-0.25, -0.2) is 5.43 Å². The highest BCUT2D eigenvalue weighted by molar-refractivity contribution is 6.30. The van der Waals surface area contributed by atoms with E-state index < -0.39 is 0 Å². The van der Waals surface area contributed by atoms with Gasteiger partial charge in [0.25, 0.3) is 0 Å². The summed E-state index contributed by atoms with van der Waals surface area (Å²) in [7, 11) is 0. The fourth-order valence-electron chi connectivity index (χ4n) is 3.34. The summed E-state index contributed by atoms with van der Waals surface area (Å²) in [5.41, 5.74) is 6.16. The second kappa shape index (κ2) is 8.97. The predicted molar refractivity (Wildman–Crippen MR) is 105 cm³/mol. The van der Waals surface area contributed by atoms with E-state index in [9.17, 15) is 4.79 Å². The third-order valence-corrected chi connectivity index (χ3v) is 5.25. The Bertz CT molecular complexity index is 765. The summed E-state index contributed by atoms with van der Waals surface area (Å²) < 4.78 is 0. The number of hydrogen-bond acceptors (Lipinski definition) is 2. The van der Waals surface area contributed by atoms with Crippen LogP contribution in [0.15, 0.2) is 53.6 Å². The zero-order chi connectivity index (χ0) is 18.4. The van der Waals surface area contributed by atoms with Gasteiger partial charge in [-0.2, -0.15) is 5.10 Å². The molecule has 0 aromatic heterocycles. The lowest BCUT2D eigenvalue weighted by atomic mass is 9.96. The van der Waals surface area contributed by atoms with E-state index in [2.05, 4.69) is 22.7 Å². The highest BCUT2D eigenvalue weighted by Gasteiger charge is 2.27. The number of amides is 1. The number of hydrazone groups is 1. The van der Waals surface area contributed by atoms with Crippen LogP contribution in [-0.2, 0) is 11.3 Å². The average Bonchev–Trinajstić information content (AvgIpc) is 2.66. The second-order valence-electron chi connectivity index (χ2n) is 6.92. The number of halogens is 1. The molecule has 26 heavy (non-hydrogen) atoms. The maximum atomic E-state index is 12.3. The van der Waals surface area contributed by atoms with Crippen LogP contribution >= 0.6 is 11.6 Å². The highest BCUT2D eigenvalue weighted by atomic mass is 35.5. The SMILES string of the molecule is Cc1ccccc1/C=N\NC(=O)C1CC[NH+](Cc2ccc(Cl)cc2)CC1. The smallest absolute Gasteiger partial charge is 0.243 e. The summed E-state index contributed by atoms with van der Waals surface area (Å²) in [6, 6.07) is 16.0. The van der Waals surface area contributed by atoms with Gasteiger partial charge < -0.3 is 4.90 Å². The molecule has 0 saturated carbocycles. The molecule has 4 nitrogen and oxygen atoms in total. The third-order valence-electron chi connectivity index (χ3n) is 5.00. The molecule has 2 aromatic carbocycles. The van der Waals surface area contributed by atoms with E-state index in [1.165, 1.54) is 10.5 Å². The van der Waals surface area contributed by atoms with Crippen molar-refractivity contribution in [3.63, 3.8) is 0 Å². The molecular formula is C21H25ClN3O+. The Kier molecular flexibility index (Phi) is 6.42. The molecule has 2 aromatic rings. The summed E-state index contributed by atoms with van der Waals surface area (Å²) >= 11 is 5.94. The lowest BCUT2D eigenvalue weighted by Gasteiger charge is -2.28. The van der Waals surface area contributed by atoms with E-state index in [1.807, 2.05) is 43.3 Å². The van der Waals surface area contributed by atoms with Gasteiger partial charge in [-0.1, -0.05) is 48.0 Å². The van der Waals surface area contributed by atoms with E-state index in [0.29, 0.717) is 0 Å². The summed E-state index contributed by atoms with van der Waals surface area (Å²) in [6.45, 7) is 5.02. The lowest BCUT2D eigenvalue weighted by Crippen LogP contribution is -3.11. The zero-order valence-corrected chi connectivity index (χ0v) is 15.8. The molecule has 0 aliphatic carbocycles. The first-order chi connectivity index (χ1) is 12.6. The maximum absolute atomic E-state index is 12.3. The van der Waals surface area contributed by atoms with Gasteiger partial charge >= 0.3 is 0 Å². The molecule has 1 aliphatic heterocycles. The predicted octanol–water partition coefficient (Wildman–Crippen LogP) is 2.59. The van der Waals surface area contributed by atoms with Crippen molar-refractivity contribution in [2.75, 3.05) is 13.1 Å². The monoisotopic (exact) mass is 370 g/mol. The van der Waals surface area contributed by atoms with Crippen LogP contribution in [0.3, 0.4) is 0 Å². The highest BCUT2D eigenvalue weighted by Crippen LogP contribution is 2.12. The molecule has 5 heteroatoms. The number of likely N-dealkylation sites (tertiary alicyclic amines) is 1. The number of benzene rings is 2. The number of quaternary nitrogens is 1. The first-order valence-electron chi connectivity index (χ1n) is 9.08. The third kappa shape index (κ3) is 5.16. The number of hydrogen-bond donors (Lipinski definition) is 2. The van der Waals surface area contributed by atoms with Gasteiger partial charge in [0.2, 0.25) is 5.91 Å². The lowest BCUT2D eigenvalue weighted by molar-refractivity contribution is -0.919. The van der Waals surface area contributed by atoms with Crippen molar-refractivity contribution in [1.82, 2.24) is 5.43 Å². The summed E-state index contributed by atoms with van der Waals surface area (Å²) in [5.74, 6) is 0.0818. The minimum atomic E-state index is 0.0281. The van der Waals surface area contributed by atoms with Crippen molar-refractivity contribution < 1.29 is 9.69 Å². The Hall–Kier alpha value is -2.17. The van der Waals surface area contributed by atoms with Crippen LogP contribution in [0.2, 0.25) is 5.02 Å². The first kappa shape index (κ1) is 18.6. The first-order valence-corrected chi connectivity index (χ1v) is 9.46. The molecule has 0 atom stereocenters. The van der Waals surface area contributed by atoms with E-state index >= 15 is 0 Å². The van der Waals surface area contributed by atoms with E-state index in [-0.39, 0.29) is 11.8 Å². The molecule has 2 N–H and O–H groups in total. The summed E-state index contributed by atoms with van der Waals surface area (Å²) in [5, 5.41) is 4.90. The standard InChI is InChI=1S/C21H24ClN3O/c1-16-4-2-3-5-19(16)14-23-24-21(26)18-10-12-25(13-11-18)15-17-6-8-20(22)9-7-17/h2-9,14,18H,10-13,15H2,1H3,(H,24,26)/p+1/b23-14-. The fourth-order valence-corrected chi connectivity index (χ4v) is 3.47. The zero-order valence-electron chi connectivity index (χ0n) is 15.0. The topological polar surface area (TPSA) is 45.9 Å². The Morgan fingerprint density at radius 3 is 2.58 bits per heavy atom. The molecule has 1 heterocycles. The quantitative estimate of drug-likeness (QED) is 0.616. The molecule has 3 rings (SSSR count). The minimum Gasteiger partial charge on any atom is -0.331 e. The molecule has 1 saturated heterocycles. The Morgan fingerprint density at radius 1 is 1.19 bits per heavy atom. The molecule has 1 amide bonds. The van der Waals surface area contributed by atoms with Crippen LogP contribution in [0.4, 0.5) is 0 Å². The van der Waals surface area contributed by atoms with Crippen LogP contribution in [0.25, 0.3) is 0 Å². The number of nitrogens with one attached hydrogen (secondary N) is 2. The molecule has 1 fully saturated rings. The largest absolute Gasteiger partial charge is 0.331 e. The summed E-state index contributed by atoms with van der Waals surface area (Å²) in [4.78, 5) is 13.8. The molecule has 136 valence electrons. The number of carbonyl (C=O) groups excluding carboxylic acids is 1. The van der Waals surface area contributed by atoms with Crippen molar-refractivity contribution in [1.29, 1.82) is 0 Å². The molecule has 0 bridgehead atoms. The molecule has 0 radical (unpaired) electrons.